The molecule has 2 rings (SSSR count). The molecule has 96 valence electrons. The van der Waals surface area contributed by atoms with E-state index in [2.05, 4.69) is 34.9 Å². The van der Waals surface area contributed by atoms with E-state index in [1.165, 1.54) is 6.07 Å². The molecule has 2 aromatic rings. The van der Waals surface area contributed by atoms with Gasteiger partial charge in [-0.3, -0.25) is 0 Å². The van der Waals surface area contributed by atoms with Crippen LogP contribution in [0.5, 0.6) is 0 Å². The molecule has 0 spiro atoms. The second-order valence-corrected chi connectivity index (χ2v) is 5.51. The van der Waals surface area contributed by atoms with Crippen LogP contribution in [0.3, 0.4) is 0 Å². The highest BCUT2D eigenvalue weighted by Crippen LogP contribution is 2.31. The third kappa shape index (κ3) is 2.56. The summed E-state index contributed by atoms with van der Waals surface area (Å²) in [6, 6.07) is 4.84. The molecule has 1 heterocycles. The van der Waals surface area contributed by atoms with Gasteiger partial charge in [0.1, 0.15) is 11.5 Å². The van der Waals surface area contributed by atoms with Gasteiger partial charge in [-0.15, -0.1) is 0 Å². The van der Waals surface area contributed by atoms with E-state index < -0.39 is 0 Å². The molecule has 0 radical (unpaired) electrons. The van der Waals surface area contributed by atoms with E-state index in [4.69, 9.17) is 10.3 Å². The van der Waals surface area contributed by atoms with Gasteiger partial charge in [0.15, 0.2) is 0 Å². The Morgan fingerprint density at radius 1 is 1.44 bits per heavy atom. The average Bonchev–Trinajstić information content (AvgIpc) is 2.60. The van der Waals surface area contributed by atoms with Crippen LogP contribution in [0.1, 0.15) is 19.4 Å². The molecular formula is C13H14BrFN2O. The molecule has 0 aliphatic heterocycles. The number of rotatable bonds is 3. The van der Waals surface area contributed by atoms with Crippen LogP contribution in [0.15, 0.2) is 27.2 Å². The summed E-state index contributed by atoms with van der Waals surface area (Å²) in [5.41, 5.74) is 7.42. The molecule has 0 saturated carbocycles. The highest BCUT2D eigenvalue weighted by Gasteiger charge is 2.19. The Morgan fingerprint density at radius 2 is 2.17 bits per heavy atom. The Labute approximate surface area is 113 Å². The molecule has 5 heteroatoms. The Morgan fingerprint density at radius 3 is 2.78 bits per heavy atom. The van der Waals surface area contributed by atoms with Crippen LogP contribution in [0.4, 0.5) is 10.3 Å². The first kappa shape index (κ1) is 13.1. The quantitative estimate of drug-likeness (QED) is 0.931. The number of aromatic nitrogens is 1. The number of nitrogen functional groups attached to an aromatic ring is 1. The normalized spacial score (nSPS) is 11.2. The van der Waals surface area contributed by atoms with Gasteiger partial charge in [0.25, 0.3) is 0 Å². The molecule has 0 fully saturated rings. The van der Waals surface area contributed by atoms with Gasteiger partial charge in [-0.2, -0.15) is 0 Å². The number of anilines is 1. The molecule has 2 N–H and O–H groups in total. The molecular weight excluding hydrogens is 299 g/mol. The predicted octanol–water partition coefficient (Wildman–Crippen LogP) is 4.02. The first-order valence-corrected chi connectivity index (χ1v) is 6.47. The number of halogens is 2. The third-order valence-corrected chi connectivity index (χ3v) is 3.11. The van der Waals surface area contributed by atoms with E-state index in [0.717, 1.165) is 5.56 Å². The van der Waals surface area contributed by atoms with Gasteiger partial charge < -0.3 is 10.3 Å². The summed E-state index contributed by atoms with van der Waals surface area (Å²) in [5, 5.41) is 3.87. The van der Waals surface area contributed by atoms with Crippen molar-refractivity contribution in [3.63, 3.8) is 0 Å². The SMILES string of the molecule is CC(C)Cc1c(-c2ccc(Br)cc2F)noc1N. The summed E-state index contributed by atoms with van der Waals surface area (Å²) in [5.74, 6) is 0.313. The van der Waals surface area contributed by atoms with Crippen molar-refractivity contribution in [3.05, 3.63) is 34.1 Å². The van der Waals surface area contributed by atoms with Crippen molar-refractivity contribution in [1.29, 1.82) is 0 Å². The summed E-state index contributed by atoms with van der Waals surface area (Å²) in [6.45, 7) is 4.13. The third-order valence-electron chi connectivity index (χ3n) is 2.62. The fourth-order valence-corrected chi connectivity index (χ4v) is 2.15. The zero-order valence-corrected chi connectivity index (χ0v) is 11.8. The van der Waals surface area contributed by atoms with Crippen molar-refractivity contribution in [3.8, 4) is 11.3 Å². The van der Waals surface area contributed by atoms with Gasteiger partial charge in [0.2, 0.25) is 5.88 Å². The lowest BCUT2D eigenvalue weighted by molar-refractivity contribution is 0.437. The molecule has 0 bridgehead atoms. The molecule has 3 nitrogen and oxygen atoms in total. The Bertz CT molecular complexity index is 566. The van der Waals surface area contributed by atoms with Crippen molar-refractivity contribution in [2.24, 2.45) is 5.92 Å². The minimum Gasteiger partial charge on any atom is -0.367 e. The first-order valence-electron chi connectivity index (χ1n) is 5.68. The van der Waals surface area contributed by atoms with Crippen LogP contribution in [-0.2, 0) is 6.42 Å². The lowest BCUT2D eigenvalue weighted by atomic mass is 9.99. The van der Waals surface area contributed by atoms with E-state index >= 15 is 0 Å². The monoisotopic (exact) mass is 312 g/mol. The molecule has 0 amide bonds. The highest BCUT2D eigenvalue weighted by atomic mass is 79.9. The maximum absolute atomic E-state index is 13.9. The zero-order valence-electron chi connectivity index (χ0n) is 10.2. The maximum atomic E-state index is 13.9. The fraction of sp³-hybridized carbons (Fsp3) is 0.308. The zero-order chi connectivity index (χ0) is 13.3. The van der Waals surface area contributed by atoms with Gasteiger partial charge >= 0.3 is 0 Å². The van der Waals surface area contributed by atoms with E-state index in [0.29, 0.717) is 28.1 Å². The van der Waals surface area contributed by atoms with Crippen LogP contribution < -0.4 is 5.73 Å². The minimum absolute atomic E-state index is 0.265. The smallest absolute Gasteiger partial charge is 0.225 e. The lowest BCUT2D eigenvalue weighted by Crippen LogP contribution is -1.99. The standard InChI is InChI=1S/C13H14BrFN2O/c1-7(2)5-10-12(17-18-13(10)16)9-4-3-8(14)6-11(9)15/h3-4,6-7H,5,16H2,1-2H3. The molecule has 0 saturated heterocycles. The molecule has 18 heavy (non-hydrogen) atoms. The Hall–Kier alpha value is -1.36. The molecule has 1 aromatic carbocycles. The number of hydrogen-bond acceptors (Lipinski definition) is 3. The number of nitrogens with two attached hydrogens (primary N) is 1. The van der Waals surface area contributed by atoms with Crippen molar-refractivity contribution in [1.82, 2.24) is 5.16 Å². The van der Waals surface area contributed by atoms with Gasteiger partial charge in [0, 0.05) is 15.6 Å². The molecule has 0 unspecified atom stereocenters. The fourth-order valence-electron chi connectivity index (χ4n) is 1.82. The highest BCUT2D eigenvalue weighted by molar-refractivity contribution is 9.10. The minimum atomic E-state index is -0.345. The summed E-state index contributed by atoms with van der Waals surface area (Å²) < 4.78 is 19.6. The van der Waals surface area contributed by atoms with E-state index in [-0.39, 0.29) is 11.7 Å². The summed E-state index contributed by atoms with van der Waals surface area (Å²) in [6.07, 6.45) is 0.709. The van der Waals surface area contributed by atoms with Gasteiger partial charge in [-0.25, -0.2) is 4.39 Å². The van der Waals surface area contributed by atoms with E-state index in [1.807, 2.05) is 0 Å². The molecule has 0 aliphatic carbocycles. The molecule has 0 atom stereocenters. The van der Waals surface area contributed by atoms with Gasteiger partial charge in [0.05, 0.1) is 0 Å². The second kappa shape index (κ2) is 5.10. The second-order valence-electron chi connectivity index (χ2n) is 4.60. The number of hydrogen-bond donors (Lipinski definition) is 1. The first-order chi connectivity index (χ1) is 8.49. The Balaban J connectivity index is 2.50. The van der Waals surface area contributed by atoms with E-state index in [1.54, 1.807) is 12.1 Å². The van der Waals surface area contributed by atoms with Crippen molar-refractivity contribution in [2.75, 3.05) is 5.73 Å². The largest absolute Gasteiger partial charge is 0.367 e. The van der Waals surface area contributed by atoms with E-state index in [9.17, 15) is 4.39 Å². The predicted molar refractivity (Wildman–Crippen MR) is 72.6 cm³/mol. The summed E-state index contributed by atoms with van der Waals surface area (Å²) in [4.78, 5) is 0. The molecule has 0 aliphatic rings. The maximum Gasteiger partial charge on any atom is 0.225 e. The van der Waals surface area contributed by atoms with Crippen molar-refractivity contribution >= 4 is 21.8 Å². The van der Waals surface area contributed by atoms with Crippen molar-refractivity contribution in [2.45, 2.75) is 20.3 Å². The van der Waals surface area contributed by atoms with Gasteiger partial charge in [-0.05, 0) is 30.5 Å². The topological polar surface area (TPSA) is 52.0 Å². The van der Waals surface area contributed by atoms with Crippen molar-refractivity contribution < 1.29 is 8.91 Å². The van der Waals surface area contributed by atoms with Crippen LogP contribution in [0.25, 0.3) is 11.3 Å². The summed E-state index contributed by atoms with van der Waals surface area (Å²) in [7, 11) is 0. The Kier molecular flexibility index (Phi) is 3.71. The number of nitrogens with zero attached hydrogens (tertiary/aromatic N) is 1. The average molecular weight is 313 g/mol. The van der Waals surface area contributed by atoms with Crippen LogP contribution in [-0.4, -0.2) is 5.16 Å². The lowest BCUT2D eigenvalue weighted by Gasteiger charge is -2.06. The number of benzene rings is 1. The van der Waals surface area contributed by atoms with Crippen LogP contribution >= 0.6 is 15.9 Å². The van der Waals surface area contributed by atoms with Crippen LogP contribution in [0.2, 0.25) is 0 Å². The molecule has 1 aromatic heterocycles. The van der Waals surface area contributed by atoms with Crippen LogP contribution in [0, 0.1) is 11.7 Å². The van der Waals surface area contributed by atoms with Gasteiger partial charge in [-0.1, -0.05) is 34.9 Å². The summed E-state index contributed by atoms with van der Waals surface area (Å²) >= 11 is 3.22.